The highest BCUT2D eigenvalue weighted by Crippen LogP contribution is 2.34. The highest BCUT2D eigenvalue weighted by atomic mass is 16.3. The van der Waals surface area contributed by atoms with Crippen LogP contribution >= 0.6 is 0 Å². The van der Waals surface area contributed by atoms with E-state index in [1.807, 2.05) is 6.07 Å². The summed E-state index contributed by atoms with van der Waals surface area (Å²) >= 11 is 0. The van der Waals surface area contributed by atoms with Gasteiger partial charge in [-0.15, -0.1) is 0 Å². The van der Waals surface area contributed by atoms with E-state index in [2.05, 4.69) is 64.7 Å². The molecule has 148 valence electrons. The van der Waals surface area contributed by atoms with Gasteiger partial charge in [0.05, 0.1) is 0 Å². The molecule has 0 saturated carbocycles. The number of aromatic hydroxyl groups is 1. The van der Waals surface area contributed by atoms with Gasteiger partial charge in [-0.3, -0.25) is 9.88 Å². The summed E-state index contributed by atoms with van der Waals surface area (Å²) < 4.78 is 2.39. The number of aromatic nitrogens is 2. The first-order chi connectivity index (χ1) is 14.1. The summed E-state index contributed by atoms with van der Waals surface area (Å²) in [5.41, 5.74) is 6.79. The Morgan fingerprint density at radius 3 is 2.52 bits per heavy atom. The molecule has 0 amide bonds. The van der Waals surface area contributed by atoms with Crippen LogP contribution in [0.1, 0.15) is 35.2 Å². The van der Waals surface area contributed by atoms with E-state index in [4.69, 9.17) is 0 Å². The molecule has 2 aromatic heterocycles. The van der Waals surface area contributed by atoms with Crippen molar-refractivity contribution in [2.24, 2.45) is 0 Å². The maximum Gasteiger partial charge on any atom is 0.146 e. The summed E-state index contributed by atoms with van der Waals surface area (Å²) in [6, 6.07) is 14.8. The van der Waals surface area contributed by atoms with Crippen molar-refractivity contribution in [3.63, 3.8) is 0 Å². The predicted octanol–water partition coefficient (Wildman–Crippen LogP) is 5.16. The number of benzene rings is 2. The molecule has 1 saturated heterocycles. The molecule has 5 rings (SSSR count). The standard InChI is InChI=1S/C25H27N3O/c1-17-18(2)28(23-10-4-3-8-21(17)23)16-19-14-20(15-27-12-5-6-13-27)25(29)24-22(19)9-7-11-26-24/h3-4,7-11,14,29H,5-6,12-13,15-16H2,1-2H3. The van der Waals surface area contributed by atoms with Crippen molar-refractivity contribution >= 4 is 21.8 Å². The molecule has 0 atom stereocenters. The number of pyridine rings is 1. The molecule has 0 radical (unpaired) electrons. The number of para-hydroxylation sites is 1. The molecular weight excluding hydrogens is 358 g/mol. The zero-order chi connectivity index (χ0) is 20.0. The van der Waals surface area contributed by atoms with Gasteiger partial charge in [-0.1, -0.05) is 24.3 Å². The second-order valence-corrected chi connectivity index (χ2v) is 8.24. The van der Waals surface area contributed by atoms with Gasteiger partial charge in [0.2, 0.25) is 0 Å². The topological polar surface area (TPSA) is 41.3 Å². The molecule has 1 fully saturated rings. The summed E-state index contributed by atoms with van der Waals surface area (Å²) in [4.78, 5) is 6.96. The Morgan fingerprint density at radius 2 is 1.69 bits per heavy atom. The number of fused-ring (bicyclic) bond motifs is 2. The molecular formula is C25H27N3O. The van der Waals surface area contributed by atoms with Crippen molar-refractivity contribution in [3.05, 3.63) is 71.0 Å². The Labute approximate surface area is 171 Å². The summed E-state index contributed by atoms with van der Waals surface area (Å²) in [6.07, 6.45) is 4.26. The lowest BCUT2D eigenvalue weighted by atomic mass is 10.0. The van der Waals surface area contributed by atoms with Gasteiger partial charge in [-0.05, 0) is 69.1 Å². The third kappa shape index (κ3) is 3.08. The van der Waals surface area contributed by atoms with Crippen molar-refractivity contribution in [3.8, 4) is 5.75 Å². The number of rotatable bonds is 4. The van der Waals surface area contributed by atoms with Gasteiger partial charge in [0, 0.05) is 46.8 Å². The Morgan fingerprint density at radius 1 is 0.931 bits per heavy atom. The third-order valence-electron chi connectivity index (χ3n) is 6.50. The molecule has 4 aromatic rings. The van der Waals surface area contributed by atoms with E-state index >= 15 is 0 Å². The van der Waals surface area contributed by atoms with Crippen molar-refractivity contribution in [2.45, 2.75) is 39.8 Å². The Balaban J connectivity index is 1.65. The van der Waals surface area contributed by atoms with Crippen LogP contribution in [0.4, 0.5) is 0 Å². The van der Waals surface area contributed by atoms with Gasteiger partial charge in [-0.25, -0.2) is 0 Å². The average Bonchev–Trinajstić information content (AvgIpc) is 3.34. The smallest absolute Gasteiger partial charge is 0.146 e. The van der Waals surface area contributed by atoms with Gasteiger partial charge in [0.1, 0.15) is 11.3 Å². The Hall–Kier alpha value is -2.85. The fraction of sp³-hybridized carbons (Fsp3) is 0.320. The molecule has 1 N–H and O–H groups in total. The van der Waals surface area contributed by atoms with Gasteiger partial charge in [0.15, 0.2) is 0 Å². The minimum Gasteiger partial charge on any atom is -0.505 e. The maximum atomic E-state index is 10.9. The molecule has 4 heteroatoms. The second-order valence-electron chi connectivity index (χ2n) is 8.24. The first kappa shape index (κ1) is 18.2. The zero-order valence-electron chi connectivity index (χ0n) is 17.2. The lowest BCUT2D eigenvalue weighted by Gasteiger charge is -2.19. The minimum absolute atomic E-state index is 0.335. The van der Waals surface area contributed by atoms with Crippen LogP contribution in [0.5, 0.6) is 5.75 Å². The molecule has 0 unspecified atom stereocenters. The van der Waals surface area contributed by atoms with Crippen molar-refractivity contribution in [2.75, 3.05) is 13.1 Å². The van der Waals surface area contributed by atoms with Crippen molar-refractivity contribution in [1.29, 1.82) is 0 Å². The van der Waals surface area contributed by atoms with Gasteiger partial charge < -0.3 is 9.67 Å². The molecule has 0 spiro atoms. The minimum atomic E-state index is 0.335. The van der Waals surface area contributed by atoms with E-state index in [9.17, 15) is 5.11 Å². The summed E-state index contributed by atoms with van der Waals surface area (Å²) in [5.74, 6) is 0.335. The molecule has 29 heavy (non-hydrogen) atoms. The average molecular weight is 386 g/mol. The molecule has 4 nitrogen and oxygen atoms in total. The quantitative estimate of drug-likeness (QED) is 0.528. The molecule has 2 aromatic carbocycles. The second kappa shape index (κ2) is 7.20. The zero-order valence-corrected chi connectivity index (χ0v) is 17.2. The lowest BCUT2D eigenvalue weighted by Crippen LogP contribution is -2.18. The molecule has 1 aliphatic rings. The van der Waals surface area contributed by atoms with E-state index in [0.717, 1.165) is 37.1 Å². The highest BCUT2D eigenvalue weighted by Gasteiger charge is 2.19. The number of phenols is 1. The van der Waals surface area contributed by atoms with Crippen LogP contribution in [0.15, 0.2) is 48.7 Å². The number of hydrogen-bond donors (Lipinski definition) is 1. The normalized spacial score (nSPS) is 15.0. The fourth-order valence-electron chi connectivity index (χ4n) is 4.77. The highest BCUT2D eigenvalue weighted by molar-refractivity contribution is 5.89. The van der Waals surface area contributed by atoms with Crippen LogP contribution in [-0.4, -0.2) is 32.6 Å². The van der Waals surface area contributed by atoms with E-state index in [0.29, 0.717) is 11.3 Å². The van der Waals surface area contributed by atoms with Crippen LogP contribution < -0.4 is 0 Å². The van der Waals surface area contributed by atoms with Gasteiger partial charge in [-0.2, -0.15) is 0 Å². The van der Waals surface area contributed by atoms with Gasteiger partial charge in [0.25, 0.3) is 0 Å². The first-order valence-electron chi connectivity index (χ1n) is 10.5. The third-order valence-corrected chi connectivity index (χ3v) is 6.50. The number of nitrogens with zero attached hydrogens (tertiary/aromatic N) is 3. The predicted molar refractivity (Wildman–Crippen MR) is 118 cm³/mol. The van der Waals surface area contributed by atoms with Crippen LogP contribution in [0.25, 0.3) is 21.8 Å². The molecule has 0 aliphatic carbocycles. The van der Waals surface area contributed by atoms with Crippen LogP contribution in [0.2, 0.25) is 0 Å². The Kier molecular flexibility index (Phi) is 4.51. The number of phenolic OH excluding ortho intramolecular Hbond substituents is 1. The number of likely N-dealkylation sites (tertiary alicyclic amines) is 1. The Bertz CT molecular complexity index is 1200. The van der Waals surface area contributed by atoms with Crippen molar-refractivity contribution < 1.29 is 5.11 Å². The van der Waals surface area contributed by atoms with Crippen LogP contribution in [-0.2, 0) is 13.1 Å². The number of aryl methyl sites for hydroxylation is 1. The van der Waals surface area contributed by atoms with Crippen LogP contribution in [0, 0.1) is 13.8 Å². The van der Waals surface area contributed by atoms with E-state index < -0.39 is 0 Å². The number of hydrogen-bond acceptors (Lipinski definition) is 3. The molecule has 1 aliphatic heterocycles. The van der Waals surface area contributed by atoms with E-state index in [-0.39, 0.29) is 0 Å². The monoisotopic (exact) mass is 385 g/mol. The van der Waals surface area contributed by atoms with Crippen molar-refractivity contribution in [1.82, 2.24) is 14.5 Å². The summed E-state index contributed by atoms with van der Waals surface area (Å²) in [6.45, 7) is 8.17. The summed E-state index contributed by atoms with van der Waals surface area (Å²) in [7, 11) is 0. The maximum absolute atomic E-state index is 10.9. The van der Waals surface area contributed by atoms with Crippen LogP contribution in [0.3, 0.4) is 0 Å². The lowest BCUT2D eigenvalue weighted by molar-refractivity contribution is 0.324. The SMILES string of the molecule is Cc1c(C)n(Cc2cc(CN3CCCC3)c(O)c3ncccc23)c2ccccc12. The van der Waals surface area contributed by atoms with Gasteiger partial charge >= 0.3 is 0 Å². The summed E-state index contributed by atoms with van der Waals surface area (Å²) in [5, 5.41) is 13.3. The molecule has 3 heterocycles. The largest absolute Gasteiger partial charge is 0.505 e. The fourth-order valence-corrected chi connectivity index (χ4v) is 4.77. The first-order valence-corrected chi connectivity index (χ1v) is 10.5. The van der Waals surface area contributed by atoms with E-state index in [1.54, 1.807) is 6.20 Å². The van der Waals surface area contributed by atoms with E-state index in [1.165, 1.54) is 40.6 Å². The molecule has 0 bridgehead atoms.